The Kier molecular flexibility index (Phi) is 4.34. The number of aromatic nitrogens is 2. The van der Waals surface area contributed by atoms with Gasteiger partial charge < -0.3 is 4.74 Å². The number of aliphatic imine (C=N–C) groups is 1. The fraction of sp³-hybridized carbons (Fsp3) is 0.143. The zero-order valence-corrected chi connectivity index (χ0v) is 10.5. The largest absolute Gasteiger partial charge is 0.476 e. The highest BCUT2D eigenvalue weighted by atomic mass is 16.5. The van der Waals surface area contributed by atoms with Crippen molar-refractivity contribution in [1.29, 1.82) is 0 Å². The smallest absolute Gasteiger partial charge is 0.298 e. The van der Waals surface area contributed by atoms with Crippen molar-refractivity contribution < 1.29 is 9.53 Å². The average molecular weight is 255 g/mol. The molecule has 2 aromatic rings. The van der Waals surface area contributed by atoms with Gasteiger partial charge in [0.15, 0.2) is 0 Å². The van der Waals surface area contributed by atoms with Gasteiger partial charge >= 0.3 is 0 Å². The summed E-state index contributed by atoms with van der Waals surface area (Å²) >= 11 is 0. The lowest BCUT2D eigenvalue weighted by atomic mass is 10.3. The van der Waals surface area contributed by atoms with Crippen LogP contribution in [0.3, 0.4) is 0 Å². The molecule has 0 fully saturated rings. The molecule has 0 aliphatic rings. The molecule has 96 valence electrons. The summed E-state index contributed by atoms with van der Waals surface area (Å²) in [5.41, 5.74) is 0.796. The van der Waals surface area contributed by atoms with E-state index in [2.05, 4.69) is 15.0 Å². The first kappa shape index (κ1) is 12.9. The summed E-state index contributed by atoms with van der Waals surface area (Å²) in [4.78, 5) is 24.0. The van der Waals surface area contributed by atoms with Gasteiger partial charge in [-0.05, 0) is 31.2 Å². The molecule has 5 heteroatoms. The van der Waals surface area contributed by atoms with E-state index in [4.69, 9.17) is 4.74 Å². The number of ether oxygens (including phenoxy) is 1. The quantitative estimate of drug-likeness (QED) is 0.622. The van der Waals surface area contributed by atoms with E-state index in [1.165, 1.54) is 0 Å². The van der Waals surface area contributed by atoms with E-state index in [1.807, 2.05) is 13.0 Å². The van der Waals surface area contributed by atoms with Crippen molar-refractivity contribution in [2.24, 2.45) is 4.99 Å². The van der Waals surface area contributed by atoms with E-state index in [1.54, 1.807) is 42.7 Å². The van der Waals surface area contributed by atoms with Crippen molar-refractivity contribution in [3.63, 3.8) is 0 Å². The molecule has 2 aromatic heterocycles. The molecule has 2 rings (SSSR count). The number of hydrogen-bond acceptors (Lipinski definition) is 4. The molecule has 0 radical (unpaired) electrons. The zero-order valence-electron chi connectivity index (χ0n) is 10.5. The van der Waals surface area contributed by atoms with E-state index in [-0.39, 0.29) is 11.6 Å². The summed E-state index contributed by atoms with van der Waals surface area (Å²) in [6.45, 7) is 2.23. The third-order valence-corrected chi connectivity index (χ3v) is 2.25. The van der Waals surface area contributed by atoms with Crippen molar-refractivity contribution in [2.75, 3.05) is 6.61 Å². The van der Waals surface area contributed by atoms with Crippen LogP contribution in [0.4, 0.5) is 0 Å². The third-order valence-electron chi connectivity index (χ3n) is 2.25. The second-order valence-corrected chi connectivity index (χ2v) is 3.59. The normalized spacial score (nSPS) is 11.1. The van der Waals surface area contributed by atoms with Gasteiger partial charge in [-0.1, -0.05) is 12.1 Å². The van der Waals surface area contributed by atoms with Crippen LogP contribution in [0.2, 0.25) is 0 Å². The van der Waals surface area contributed by atoms with Gasteiger partial charge in [0.05, 0.1) is 6.61 Å². The highest BCUT2D eigenvalue weighted by Gasteiger charge is 2.11. The Balaban J connectivity index is 2.29. The van der Waals surface area contributed by atoms with Crippen LogP contribution in [0.25, 0.3) is 0 Å². The van der Waals surface area contributed by atoms with Gasteiger partial charge in [-0.3, -0.25) is 14.8 Å². The highest BCUT2D eigenvalue weighted by Crippen LogP contribution is 2.03. The van der Waals surface area contributed by atoms with E-state index >= 15 is 0 Å². The number of amides is 1. The maximum absolute atomic E-state index is 11.9. The molecule has 5 nitrogen and oxygen atoms in total. The van der Waals surface area contributed by atoms with Crippen molar-refractivity contribution in [2.45, 2.75) is 6.92 Å². The van der Waals surface area contributed by atoms with Crippen LogP contribution in [0.5, 0.6) is 0 Å². The lowest BCUT2D eigenvalue weighted by Crippen LogP contribution is -2.12. The molecule has 0 bridgehead atoms. The Hall–Kier alpha value is -2.56. The molecule has 0 N–H and O–H groups in total. The minimum absolute atomic E-state index is 0.207. The van der Waals surface area contributed by atoms with Gasteiger partial charge in [0.2, 0.25) is 5.90 Å². The molecule has 0 aliphatic carbocycles. The lowest BCUT2D eigenvalue weighted by molar-refractivity contribution is 0.0994. The van der Waals surface area contributed by atoms with Crippen LogP contribution in [-0.4, -0.2) is 28.4 Å². The minimum atomic E-state index is -0.449. The SMILES string of the molecule is CCOC(=NC(=O)c1ccccn1)c1ccccn1. The molecule has 2 heterocycles. The predicted molar refractivity (Wildman–Crippen MR) is 71.0 cm³/mol. The van der Waals surface area contributed by atoms with Crippen LogP contribution < -0.4 is 0 Å². The Morgan fingerprint density at radius 2 is 1.74 bits per heavy atom. The summed E-state index contributed by atoms with van der Waals surface area (Å²) < 4.78 is 5.36. The number of rotatable bonds is 3. The van der Waals surface area contributed by atoms with Crippen LogP contribution in [0.15, 0.2) is 53.8 Å². The summed E-state index contributed by atoms with van der Waals surface area (Å²) in [7, 11) is 0. The fourth-order valence-electron chi connectivity index (χ4n) is 1.43. The topological polar surface area (TPSA) is 64.4 Å². The van der Waals surface area contributed by atoms with Gasteiger partial charge in [0.25, 0.3) is 5.91 Å². The van der Waals surface area contributed by atoms with Crippen LogP contribution in [-0.2, 0) is 4.74 Å². The summed E-state index contributed by atoms with van der Waals surface area (Å²) in [5.74, 6) is -0.242. The Bertz CT molecular complexity index is 568. The number of carbonyl (C=O) groups excluding carboxylic acids is 1. The standard InChI is InChI=1S/C14H13N3O2/c1-2-19-14(12-8-4-6-10-16-12)17-13(18)11-7-3-5-9-15-11/h3-10H,2H2,1H3. The Morgan fingerprint density at radius 1 is 1.11 bits per heavy atom. The van der Waals surface area contributed by atoms with Crippen molar-refractivity contribution in [1.82, 2.24) is 9.97 Å². The van der Waals surface area contributed by atoms with Crippen LogP contribution >= 0.6 is 0 Å². The van der Waals surface area contributed by atoms with Crippen molar-refractivity contribution >= 4 is 11.8 Å². The van der Waals surface area contributed by atoms with Crippen molar-refractivity contribution in [3.8, 4) is 0 Å². The highest BCUT2D eigenvalue weighted by molar-refractivity contribution is 6.05. The monoisotopic (exact) mass is 255 g/mol. The number of carbonyl (C=O) groups is 1. The lowest BCUT2D eigenvalue weighted by Gasteiger charge is -2.05. The first-order valence-electron chi connectivity index (χ1n) is 5.89. The second-order valence-electron chi connectivity index (χ2n) is 3.59. The fourth-order valence-corrected chi connectivity index (χ4v) is 1.43. The molecular formula is C14H13N3O2. The summed E-state index contributed by atoms with van der Waals surface area (Å²) in [6, 6.07) is 10.4. The zero-order chi connectivity index (χ0) is 13.5. The molecule has 0 atom stereocenters. The van der Waals surface area contributed by atoms with E-state index in [0.29, 0.717) is 12.3 Å². The molecular weight excluding hydrogens is 242 g/mol. The minimum Gasteiger partial charge on any atom is -0.476 e. The van der Waals surface area contributed by atoms with Gasteiger partial charge in [0.1, 0.15) is 11.4 Å². The molecule has 0 aromatic carbocycles. The van der Waals surface area contributed by atoms with Crippen LogP contribution in [0.1, 0.15) is 23.1 Å². The van der Waals surface area contributed by atoms with Crippen molar-refractivity contribution in [3.05, 3.63) is 60.2 Å². The molecule has 1 amide bonds. The van der Waals surface area contributed by atoms with Gasteiger partial charge in [-0.25, -0.2) is 0 Å². The van der Waals surface area contributed by atoms with Crippen LogP contribution in [0, 0.1) is 0 Å². The molecule has 0 aliphatic heterocycles. The van der Waals surface area contributed by atoms with E-state index < -0.39 is 5.91 Å². The summed E-state index contributed by atoms with van der Waals surface area (Å²) in [5, 5.41) is 0. The number of nitrogens with zero attached hydrogens (tertiary/aromatic N) is 3. The molecule has 0 saturated heterocycles. The second kappa shape index (κ2) is 6.39. The predicted octanol–water partition coefficient (Wildman–Crippen LogP) is 2.10. The average Bonchev–Trinajstić information content (AvgIpc) is 2.48. The number of hydrogen-bond donors (Lipinski definition) is 0. The van der Waals surface area contributed by atoms with E-state index in [9.17, 15) is 4.79 Å². The van der Waals surface area contributed by atoms with Gasteiger partial charge in [-0.15, -0.1) is 0 Å². The third kappa shape index (κ3) is 3.45. The molecule has 19 heavy (non-hydrogen) atoms. The molecule has 0 saturated carbocycles. The Morgan fingerprint density at radius 3 is 2.26 bits per heavy atom. The molecule has 0 spiro atoms. The number of pyridine rings is 2. The Labute approximate surface area is 111 Å². The molecule has 0 unspecified atom stereocenters. The van der Waals surface area contributed by atoms with E-state index in [0.717, 1.165) is 0 Å². The van der Waals surface area contributed by atoms with Gasteiger partial charge in [-0.2, -0.15) is 4.99 Å². The maximum atomic E-state index is 11.9. The first-order valence-corrected chi connectivity index (χ1v) is 5.89. The first-order chi connectivity index (χ1) is 9.31. The maximum Gasteiger partial charge on any atom is 0.298 e. The van der Waals surface area contributed by atoms with Gasteiger partial charge in [0, 0.05) is 12.4 Å². The summed E-state index contributed by atoms with van der Waals surface area (Å²) in [6.07, 6.45) is 3.17.